The first-order chi connectivity index (χ1) is 18.0. The number of esters is 1. The summed E-state index contributed by atoms with van der Waals surface area (Å²) in [5.41, 5.74) is 2.00. The summed E-state index contributed by atoms with van der Waals surface area (Å²) in [6.45, 7) is 0.744. The van der Waals surface area contributed by atoms with Crippen LogP contribution < -0.4 is 14.2 Å². The maximum atomic E-state index is 12.7. The molecule has 0 aromatic heterocycles. The summed E-state index contributed by atoms with van der Waals surface area (Å²) in [6, 6.07) is 21.3. The zero-order valence-corrected chi connectivity index (χ0v) is 21.2. The van der Waals surface area contributed by atoms with Gasteiger partial charge in [0.25, 0.3) is 0 Å². The molecule has 37 heavy (non-hydrogen) atoms. The molecule has 0 spiro atoms. The van der Waals surface area contributed by atoms with Gasteiger partial charge in [0.1, 0.15) is 18.4 Å². The van der Waals surface area contributed by atoms with Crippen molar-refractivity contribution >= 4 is 33.4 Å². The molecule has 7 nitrogen and oxygen atoms in total. The van der Waals surface area contributed by atoms with Crippen molar-refractivity contribution in [2.24, 2.45) is 0 Å². The minimum atomic E-state index is -0.581. The highest BCUT2D eigenvalue weighted by Gasteiger charge is 2.37. The molecule has 1 amide bonds. The summed E-state index contributed by atoms with van der Waals surface area (Å²) < 4.78 is 22.2. The Morgan fingerprint density at radius 2 is 1.65 bits per heavy atom. The van der Waals surface area contributed by atoms with Crippen LogP contribution in [0.3, 0.4) is 0 Å². The van der Waals surface area contributed by atoms with Gasteiger partial charge in [0.05, 0.1) is 21.3 Å². The summed E-state index contributed by atoms with van der Waals surface area (Å²) >= 11 is 0. The second kappa shape index (κ2) is 10.4. The average molecular weight is 500 g/mol. The number of carbonyl (C=O) groups excluding carboxylic acids is 2. The second-order valence-corrected chi connectivity index (χ2v) is 9.04. The number of fused-ring (bicyclic) bond motifs is 3. The van der Waals surface area contributed by atoms with E-state index in [-0.39, 0.29) is 11.9 Å². The van der Waals surface area contributed by atoms with Crippen LogP contribution in [0.4, 0.5) is 0 Å². The third kappa shape index (κ3) is 4.77. The topological polar surface area (TPSA) is 74.3 Å². The largest absolute Gasteiger partial charge is 0.493 e. The van der Waals surface area contributed by atoms with Crippen molar-refractivity contribution in [3.05, 3.63) is 77.9 Å². The van der Waals surface area contributed by atoms with Gasteiger partial charge in [-0.2, -0.15) is 0 Å². The first-order valence-electron chi connectivity index (χ1n) is 12.2. The molecular weight excluding hydrogens is 470 g/mol. The standard InChI is InChI=1S/C30H29NO6/c1-34-27-14-20-13-21(17-31-26(30(33)36-3)11-12-29(31)32)23-10-9-22(37-18-19-7-5-4-6-8-19)15-25(23)24(20)16-28(27)35-2/h4-10,13-16,26H,11-12,17-18H2,1-3H3/t26-/m0/s1. The van der Waals surface area contributed by atoms with Crippen LogP contribution in [0.2, 0.25) is 0 Å². The van der Waals surface area contributed by atoms with Crippen molar-refractivity contribution in [3.8, 4) is 17.2 Å². The van der Waals surface area contributed by atoms with Gasteiger partial charge in [-0.1, -0.05) is 36.4 Å². The van der Waals surface area contributed by atoms with Crippen molar-refractivity contribution in [3.63, 3.8) is 0 Å². The van der Waals surface area contributed by atoms with Crippen molar-refractivity contribution in [1.29, 1.82) is 0 Å². The van der Waals surface area contributed by atoms with Crippen LogP contribution >= 0.6 is 0 Å². The van der Waals surface area contributed by atoms with E-state index in [2.05, 4.69) is 0 Å². The molecule has 190 valence electrons. The zero-order chi connectivity index (χ0) is 25.9. The molecule has 0 bridgehead atoms. The monoisotopic (exact) mass is 499 g/mol. The van der Waals surface area contributed by atoms with E-state index in [0.29, 0.717) is 37.5 Å². The van der Waals surface area contributed by atoms with Crippen molar-refractivity contribution in [1.82, 2.24) is 4.90 Å². The predicted molar refractivity (Wildman–Crippen MR) is 141 cm³/mol. The van der Waals surface area contributed by atoms with E-state index >= 15 is 0 Å². The van der Waals surface area contributed by atoms with Gasteiger partial charge in [-0.05, 0) is 69.4 Å². The van der Waals surface area contributed by atoms with E-state index in [1.165, 1.54) is 7.11 Å². The average Bonchev–Trinajstić information content (AvgIpc) is 3.30. The lowest BCUT2D eigenvalue weighted by molar-refractivity contribution is -0.149. The van der Waals surface area contributed by atoms with Crippen LogP contribution in [-0.2, 0) is 27.5 Å². The third-order valence-electron chi connectivity index (χ3n) is 6.90. The smallest absolute Gasteiger partial charge is 0.328 e. The fourth-order valence-electron chi connectivity index (χ4n) is 5.00. The molecule has 1 fully saturated rings. The molecule has 5 rings (SSSR count). The number of rotatable bonds is 8. The van der Waals surface area contributed by atoms with Crippen LogP contribution in [0.15, 0.2) is 66.7 Å². The van der Waals surface area contributed by atoms with E-state index < -0.39 is 6.04 Å². The summed E-state index contributed by atoms with van der Waals surface area (Å²) in [5.74, 6) is 1.52. The van der Waals surface area contributed by atoms with E-state index in [4.69, 9.17) is 18.9 Å². The molecule has 1 aliphatic rings. The third-order valence-corrected chi connectivity index (χ3v) is 6.90. The molecule has 0 radical (unpaired) electrons. The number of hydrogen-bond acceptors (Lipinski definition) is 6. The van der Waals surface area contributed by atoms with Gasteiger partial charge in [-0.3, -0.25) is 4.79 Å². The maximum Gasteiger partial charge on any atom is 0.328 e. The lowest BCUT2D eigenvalue weighted by Crippen LogP contribution is -2.38. The fourth-order valence-corrected chi connectivity index (χ4v) is 5.00. The lowest BCUT2D eigenvalue weighted by Gasteiger charge is -2.24. The van der Waals surface area contributed by atoms with Gasteiger partial charge in [0.2, 0.25) is 5.91 Å². The lowest BCUT2D eigenvalue weighted by atomic mass is 9.96. The van der Waals surface area contributed by atoms with Gasteiger partial charge in [0.15, 0.2) is 11.5 Å². The second-order valence-electron chi connectivity index (χ2n) is 9.04. The molecule has 4 aromatic rings. The Morgan fingerprint density at radius 3 is 2.38 bits per heavy atom. The summed E-state index contributed by atoms with van der Waals surface area (Å²) in [6.07, 6.45) is 0.785. The first kappa shape index (κ1) is 24.4. The van der Waals surface area contributed by atoms with Gasteiger partial charge >= 0.3 is 5.97 Å². The van der Waals surface area contributed by atoms with Crippen LogP contribution in [-0.4, -0.2) is 44.1 Å². The van der Waals surface area contributed by atoms with Crippen molar-refractivity contribution in [2.45, 2.75) is 32.0 Å². The molecule has 1 saturated heterocycles. The summed E-state index contributed by atoms with van der Waals surface area (Å²) in [4.78, 5) is 26.7. The number of ether oxygens (including phenoxy) is 4. The summed E-state index contributed by atoms with van der Waals surface area (Å²) in [5, 5.41) is 3.83. The Balaban J connectivity index is 1.61. The number of hydrogen-bond donors (Lipinski definition) is 0. The van der Waals surface area contributed by atoms with Crippen molar-refractivity contribution in [2.75, 3.05) is 21.3 Å². The minimum absolute atomic E-state index is 0.0567. The van der Waals surface area contributed by atoms with Gasteiger partial charge in [-0.25, -0.2) is 4.79 Å². The number of likely N-dealkylation sites (tertiary alicyclic amines) is 1. The molecule has 0 aliphatic carbocycles. The highest BCUT2D eigenvalue weighted by molar-refractivity contribution is 6.10. The number of benzene rings is 4. The fraction of sp³-hybridized carbons (Fsp3) is 0.267. The Bertz CT molecular complexity index is 1470. The molecular formula is C30H29NO6. The van der Waals surface area contributed by atoms with E-state index in [9.17, 15) is 9.59 Å². The molecule has 0 saturated carbocycles. The molecule has 0 unspecified atom stereocenters. The number of amides is 1. The molecule has 0 N–H and O–H groups in total. The SMILES string of the molecule is COC(=O)[C@@H]1CCC(=O)N1Cc1cc2cc(OC)c(OC)cc2c2cc(OCc3ccccc3)ccc12. The predicted octanol–water partition coefficient (Wildman–Crippen LogP) is 5.25. The van der Waals surface area contributed by atoms with Crippen LogP contribution in [0, 0.1) is 0 Å². The van der Waals surface area contributed by atoms with Crippen molar-refractivity contribution < 1.29 is 28.5 Å². The van der Waals surface area contributed by atoms with Gasteiger partial charge in [-0.15, -0.1) is 0 Å². The van der Waals surface area contributed by atoms with Crippen LogP contribution in [0.5, 0.6) is 17.2 Å². The Labute approximate surface area is 215 Å². The van der Waals surface area contributed by atoms with E-state index in [1.54, 1.807) is 19.1 Å². The summed E-state index contributed by atoms with van der Waals surface area (Å²) in [7, 11) is 4.57. The Hall–Kier alpha value is -4.26. The molecule has 7 heteroatoms. The Kier molecular flexibility index (Phi) is 6.86. The number of methoxy groups -OCH3 is 3. The van der Waals surface area contributed by atoms with Crippen LogP contribution in [0.25, 0.3) is 21.5 Å². The highest BCUT2D eigenvalue weighted by Crippen LogP contribution is 2.39. The van der Waals surface area contributed by atoms with E-state index in [1.807, 2.05) is 66.7 Å². The quantitative estimate of drug-likeness (QED) is 0.243. The minimum Gasteiger partial charge on any atom is -0.493 e. The number of nitrogens with zero attached hydrogens (tertiary/aromatic N) is 1. The normalized spacial score (nSPS) is 15.3. The zero-order valence-electron chi connectivity index (χ0n) is 21.2. The molecule has 1 heterocycles. The van der Waals surface area contributed by atoms with Gasteiger partial charge < -0.3 is 23.8 Å². The van der Waals surface area contributed by atoms with Gasteiger partial charge in [0, 0.05) is 13.0 Å². The maximum absolute atomic E-state index is 12.7. The van der Waals surface area contributed by atoms with Crippen LogP contribution in [0.1, 0.15) is 24.0 Å². The Morgan fingerprint density at radius 1 is 0.892 bits per heavy atom. The first-order valence-corrected chi connectivity index (χ1v) is 12.2. The van der Waals surface area contributed by atoms with E-state index in [0.717, 1.165) is 38.4 Å². The number of carbonyl (C=O) groups is 2. The highest BCUT2D eigenvalue weighted by atomic mass is 16.5. The molecule has 4 aromatic carbocycles. The molecule has 1 aliphatic heterocycles. The molecule has 1 atom stereocenters.